The van der Waals surface area contributed by atoms with E-state index in [1.807, 2.05) is 7.05 Å². The fraction of sp³-hybridized carbons (Fsp3) is 0.789. The highest BCUT2D eigenvalue weighted by molar-refractivity contribution is 14.0. The Bertz CT molecular complexity index is 524. The number of hydrogen-bond donors (Lipinski definition) is 2. The largest absolute Gasteiger partial charge is 0.356 e. The van der Waals surface area contributed by atoms with Crippen LogP contribution >= 0.6 is 35.3 Å². The Morgan fingerprint density at radius 1 is 1.35 bits per heavy atom. The van der Waals surface area contributed by atoms with Crippen molar-refractivity contribution >= 4 is 41.3 Å². The maximum Gasteiger partial charge on any atom is 0.190 e. The molecule has 0 aliphatic carbocycles. The molecule has 2 N–H and O–H groups in total. The van der Waals surface area contributed by atoms with E-state index in [1.54, 1.807) is 11.3 Å². The molecule has 1 aliphatic rings. The topological polar surface area (TPSA) is 52.6 Å². The Balaban J connectivity index is 0.00000338. The monoisotopic (exact) mass is 493 g/mol. The molecule has 0 unspecified atom stereocenters. The number of rotatable bonds is 8. The van der Waals surface area contributed by atoms with Gasteiger partial charge in [-0.3, -0.25) is 9.89 Å². The van der Waals surface area contributed by atoms with Gasteiger partial charge in [-0.05, 0) is 57.5 Å². The molecule has 0 atom stereocenters. The molecular formula is C19H36IN5S. The van der Waals surface area contributed by atoms with E-state index in [9.17, 15) is 0 Å². The number of likely N-dealkylation sites (tertiary alicyclic amines) is 1. The number of piperidine rings is 1. The van der Waals surface area contributed by atoms with Crippen molar-refractivity contribution in [2.24, 2.45) is 16.8 Å². The third-order valence-corrected chi connectivity index (χ3v) is 5.61. The van der Waals surface area contributed by atoms with E-state index in [4.69, 9.17) is 0 Å². The molecule has 2 heterocycles. The second kappa shape index (κ2) is 12.9. The van der Waals surface area contributed by atoms with Crippen LogP contribution in [0.4, 0.5) is 0 Å². The summed E-state index contributed by atoms with van der Waals surface area (Å²) >= 11 is 1.75. The second-order valence-electron chi connectivity index (χ2n) is 7.49. The summed E-state index contributed by atoms with van der Waals surface area (Å²) in [6.45, 7) is 12.0. The quantitative estimate of drug-likeness (QED) is 0.250. The minimum absolute atomic E-state index is 0. The van der Waals surface area contributed by atoms with Crippen molar-refractivity contribution < 1.29 is 0 Å². The number of thiazole rings is 1. The lowest BCUT2D eigenvalue weighted by molar-refractivity contribution is 0.176. The molecule has 0 aromatic carbocycles. The van der Waals surface area contributed by atoms with Gasteiger partial charge in [-0.15, -0.1) is 35.3 Å². The first kappa shape index (κ1) is 23.6. The standard InChI is InChI=1S/C19H35N5S.HI/c1-15(2)6-5-9-21-19(20-4)22-12-17-7-10-24(11-8-17)13-18-14-25-16(3)23-18;/h14-15,17H,5-13H2,1-4H3,(H2,20,21,22);1H. The van der Waals surface area contributed by atoms with Crippen LogP contribution in [-0.2, 0) is 6.54 Å². The van der Waals surface area contributed by atoms with Crippen molar-refractivity contribution in [1.82, 2.24) is 20.5 Å². The van der Waals surface area contributed by atoms with Crippen molar-refractivity contribution in [2.45, 2.75) is 53.0 Å². The van der Waals surface area contributed by atoms with E-state index in [1.165, 1.54) is 49.5 Å². The molecule has 1 aliphatic heterocycles. The predicted octanol–water partition coefficient (Wildman–Crippen LogP) is 3.88. The molecule has 150 valence electrons. The van der Waals surface area contributed by atoms with Crippen LogP contribution in [0.5, 0.6) is 0 Å². The zero-order chi connectivity index (χ0) is 18.1. The molecule has 26 heavy (non-hydrogen) atoms. The SMILES string of the molecule is CN=C(NCCCC(C)C)NCC1CCN(Cc2csc(C)n2)CC1.I. The van der Waals surface area contributed by atoms with Gasteiger partial charge in [0, 0.05) is 32.1 Å². The van der Waals surface area contributed by atoms with Crippen LogP contribution in [0.1, 0.15) is 50.2 Å². The maximum atomic E-state index is 4.58. The Morgan fingerprint density at radius 2 is 2.08 bits per heavy atom. The highest BCUT2D eigenvalue weighted by Gasteiger charge is 2.20. The van der Waals surface area contributed by atoms with Gasteiger partial charge in [-0.2, -0.15) is 0 Å². The summed E-state index contributed by atoms with van der Waals surface area (Å²) in [4.78, 5) is 11.5. The number of aryl methyl sites for hydroxylation is 1. The normalized spacial score (nSPS) is 16.6. The van der Waals surface area contributed by atoms with Crippen LogP contribution in [0.25, 0.3) is 0 Å². The molecule has 2 rings (SSSR count). The first-order chi connectivity index (χ1) is 12.1. The number of nitrogens with one attached hydrogen (secondary N) is 2. The van der Waals surface area contributed by atoms with Gasteiger partial charge < -0.3 is 10.6 Å². The van der Waals surface area contributed by atoms with Gasteiger partial charge in [0.25, 0.3) is 0 Å². The third kappa shape index (κ3) is 8.99. The predicted molar refractivity (Wildman–Crippen MR) is 124 cm³/mol. The van der Waals surface area contributed by atoms with Crippen molar-refractivity contribution in [3.05, 3.63) is 16.1 Å². The average molecular weight is 494 g/mol. The molecule has 0 spiro atoms. The van der Waals surface area contributed by atoms with E-state index in [0.717, 1.165) is 37.4 Å². The zero-order valence-electron chi connectivity index (χ0n) is 16.8. The zero-order valence-corrected chi connectivity index (χ0v) is 19.9. The van der Waals surface area contributed by atoms with E-state index in [2.05, 4.69) is 51.7 Å². The Labute approximate surface area is 180 Å². The molecule has 0 amide bonds. The lowest BCUT2D eigenvalue weighted by atomic mass is 9.97. The molecule has 0 bridgehead atoms. The van der Waals surface area contributed by atoms with Crippen molar-refractivity contribution in [1.29, 1.82) is 0 Å². The van der Waals surface area contributed by atoms with Crippen LogP contribution in [0.2, 0.25) is 0 Å². The van der Waals surface area contributed by atoms with Gasteiger partial charge in [0.2, 0.25) is 0 Å². The molecule has 1 saturated heterocycles. The van der Waals surface area contributed by atoms with E-state index < -0.39 is 0 Å². The first-order valence-corrected chi connectivity index (χ1v) is 10.5. The average Bonchev–Trinajstić information content (AvgIpc) is 3.00. The van der Waals surface area contributed by atoms with Crippen LogP contribution in [0.15, 0.2) is 10.4 Å². The lowest BCUT2D eigenvalue weighted by Crippen LogP contribution is -2.43. The fourth-order valence-electron chi connectivity index (χ4n) is 3.24. The number of aliphatic imine (C=N–C) groups is 1. The van der Waals surface area contributed by atoms with Crippen molar-refractivity contribution in [3.63, 3.8) is 0 Å². The van der Waals surface area contributed by atoms with Crippen LogP contribution in [0.3, 0.4) is 0 Å². The molecule has 0 saturated carbocycles. The number of guanidine groups is 1. The van der Waals surface area contributed by atoms with E-state index >= 15 is 0 Å². The molecule has 1 fully saturated rings. The third-order valence-electron chi connectivity index (χ3n) is 4.79. The lowest BCUT2D eigenvalue weighted by Gasteiger charge is -2.31. The Morgan fingerprint density at radius 3 is 2.65 bits per heavy atom. The smallest absolute Gasteiger partial charge is 0.190 e. The molecular weight excluding hydrogens is 457 g/mol. The summed E-state index contributed by atoms with van der Waals surface area (Å²) in [6.07, 6.45) is 4.97. The number of aromatic nitrogens is 1. The molecule has 1 aromatic heterocycles. The number of hydrogen-bond acceptors (Lipinski definition) is 4. The van der Waals surface area contributed by atoms with Gasteiger partial charge in [0.05, 0.1) is 10.7 Å². The highest BCUT2D eigenvalue weighted by Crippen LogP contribution is 2.19. The van der Waals surface area contributed by atoms with Gasteiger partial charge >= 0.3 is 0 Å². The molecule has 0 radical (unpaired) electrons. The maximum absolute atomic E-state index is 4.58. The first-order valence-electron chi connectivity index (χ1n) is 9.64. The Hall–Kier alpha value is -0.410. The van der Waals surface area contributed by atoms with Gasteiger partial charge in [0.15, 0.2) is 5.96 Å². The van der Waals surface area contributed by atoms with E-state index in [0.29, 0.717) is 0 Å². The number of halogens is 1. The summed E-state index contributed by atoms with van der Waals surface area (Å²) < 4.78 is 0. The summed E-state index contributed by atoms with van der Waals surface area (Å²) in [6, 6.07) is 0. The fourth-order valence-corrected chi connectivity index (χ4v) is 3.84. The minimum Gasteiger partial charge on any atom is -0.356 e. The van der Waals surface area contributed by atoms with Gasteiger partial charge in [-0.1, -0.05) is 13.8 Å². The van der Waals surface area contributed by atoms with Crippen LogP contribution < -0.4 is 10.6 Å². The van der Waals surface area contributed by atoms with Crippen molar-refractivity contribution in [3.8, 4) is 0 Å². The van der Waals surface area contributed by atoms with Crippen LogP contribution in [-0.4, -0.2) is 49.1 Å². The van der Waals surface area contributed by atoms with Crippen LogP contribution in [0, 0.1) is 18.8 Å². The second-order valence-corrected chi connectivity index (χ2v) is 8.56. The van der Waals surface area contributed by atoms with Gasteiger partial charge in [-0.25, -0.2) is 4.98 Å². The minimum atomic E-state index is 0. The molecule has 7 heteroatoms. The van der Waals surface area contributed by atoms with Crippen molar-refractivity contribution in [2.75, 3.05) is 33.2 Å². The molecule has 5 nitrogen and oxygen atoms in total. The summed E-state index contributed by atoms with van der Waals surface area (Å²) in [5.74, 6) is 2.46. The highest BCUT2D eigenvalue weighted by atomic mass is 127. The summed E-state index contributed by atoms with van der Waals surface area (Å²) in [5, 5.41) is 10.3. The van der Waals surface area contributed by atoms with Gasteiger partial charge in [0.1, 0.15) is 0 Å². The summed E-state index contributed by atoms with van der Waals surface area (Å²) in [5.41, 5.74) is 1.23. The Kier molecular flexibility index (Phi) is 11.7. The number of nitrogens with zero attached hydrogens (tertiary/aromatic N) is 3. The van der Waals surface area contributed by atoms with E-state index in [-0.39, 0.29) is 24.0 Å². The summed E-state index contributed by atoms with van der Waals surface area (Å²) in [7, 11) is 1.86. The molecule has 1 aromatic rings.